The van der Waals surface area contributed by atoms with Crippen LogP contribution in [0.15, 0.2) is 27.6 Å². The SMILES string of the molecule is COc1ccc(Br)c(S(=O)(=O)NC(C)(C)CCC(=O)O)c1. The van der Waals surface area contributed by atoms with Gasteiger partial charge in [-0.05, 0) is 48.3 Å². The molecule has 8 heteroatoms. The Kier molecular flexibility index (Phi) is 5.77. The number of benzene rings is 1. The fraction of sp³-hybridized carbons (Fsp3) is 0.462. The molecule has 0 atom stereocenters. The molecule has 0 heterocycles. The summed E-state index contributed by atoms with van der Waals surface area (Å²) in [5.41, 5.74) is -0.875. The van der Waals surface area contributed by atoms with Crippen molar-refractivity contribution in [2.75, 3.05) is 7.11 Å². The quantitative estimate of drug-likeness (QED) is 0.758. The van der Waals surface area contributed by atoms with Crippen LogP contribution in [0.1, 0.15) is 26.7 Å². The zero-order valence-electron chi connectivity index (χ0n) is 12.0. The number of halogens is 1. The second-order valence-corrected chi connectivity index (χ2v) is 7.68. The van der Waals surface area contributed by atoms with Crippen LogP contribution in [0.4, 0.5) is 0 Å². The van der Waals surface area contributed by atoms with E-state index in [9.17, 15) is 13.2 Å². The Bertz CT molecular complexity index is 627. The molecule has 118 valence electrons. The van der Waals surface area contributed by atoms with Gasteiger partial charge in [-0.1, -0.05) is 0 Å². The zero-order valence-corrected chi connectivity index (χ0v) is 14.4. The van der Waals surface area contributed by atoms with Gasteiger partial charge in [-0.15, -0.1) is 0 Å². The maximum Gasteiger partial charge on any atom is 0.303 e. The zero-order chi connectivity index (χ0) is 16.3. The molecule has 0 aliphatic heterocycles. The van der Waals surface area contributed by atoms with Crippen LogP contribution in [0, 0.1) is 0 Å². The Hall–Kier alpha value is -1.12. The first-order valence-corrected chi connectivity index (χ1v) is 8.44. The van der Waals surface area contributed by atoms with Crippen LogP contribution >= 0.6 is 15.9 Å². The number of hydrogen-bond donors (Lipinski definition) is 2. The van der Waals surface area contributed by atoms with Crippen LogP contribution in [0.2, 0.25) is 0 Å². The molecule has 0 aliphatic carbocycles. The number of hydrogen-bond acceptors (Lipinski definition) is 4. The summed E-state index contributed by atoms with van der Waals surface area (Å²) in [6.07, 6.45) is 0.0674. The fourth-order valence-electron chi connectivity index (χ4n) is 1.71. The van der Waals surface area contributed by atoms with E-state index in [2.05, 4.69) is 20.7 Å². The van der Waals surface area contributed by atoms with E-state index in [-0.39, 0.29) is 17.7 Å². The van der Waals surface area contributed by atoms with Gasteiger partial charge in [0.25, 0.3) is 0 Å². The molecule has 0 amide bonds. The third kappa shape index (κ3) is 5.29. The minimum absolute atomic E-state index is 0.0465. The number of nitrogens with one attached hydrogen (secondary N) is 1. The number of carbonyl (C=O) groups is 1. The Balaban J connectivity index is 3.03. The average molecular weight is 380 g/mol. The summed E-state index contributed by atoms with van der Waals surface area (Å²) in [6, 6.07) is 4.62. The van der Waals surface area contributed by atoms with Crippen LogP contribution in [0.5, 0.6) is 5.75 Å². The molecule has 1 rings (SSSR count). The maximum atomic E-state index is 12.4. The van der Waals surface area contributed by atoms with Crippen molar-refractivity contribution in [3.8, 4) is 5.75 Å². The number of carboxylic acid groups (broad SMARTS) is 1. The minimum Gasteiger partial charge on any atom is -0.497 e. The molecule has 0 saturated heterocycles. The smallest absolute Gasteiger partial charge is 0.303 e. The first-order valence-electron chi connectivity index (χ1n) is 6.17. The molecule has 2 N–H and O–H groups in total. The summed E-state index contributed by atoms with van der Waals surface area (Å²) in [6.45, 7) is 3.28. The number of rotatable bonds is 7. The minimum atomic E-state index is -3.80. The van der Waals surface area contributed by atoms with E-state index >= 15 is 0 Å². The monoisotopic (exact) mass is 379 g/mol. The lowest BCUT2D eigenvalue weighted by molar-refractivity contribution is -0.137. The van der Waals surface area contributed by atoms with Crippen molar-refractivity contribution < 1.29 is 23.1 Å². The van der Waals surface area contributed by atoms with Gasteiger partial charge in [-0.25, -0.2) is 13.1 Å². The lowest BCUT2D eigenvalue weighted by atomic mass is 10.0. The second kappa shape index (κ2) is 6.76. The number of ether oxygens (including phenoxy) is 1. The highest BCUT2D eigenvalue weighted by Gasteiger charge is 2.28. The third-order valence-corrected chi connectivity index (χ3v) is 5.49. The van der Waals surface area contributed by atoms with E-state index in [0.29, 0.717) is 10.2 Å². The van der Waals surface area contributed by atoms with E-state index in [1.165, 1.54) is 13.2 Å². The predicted molar refractivity (Wildman–Crippen MR) is 82.0 cm³/mol. The van der Waals surface area contributed by atoms with Gasteiger partial charge in [0.1, 0.15) is 5.75 Å². The third-order valence-electron chi connectivity index (χ3n) is 2.80. The summed E-state index contributed by atoms with van der Waals surface area (Å²) in [7, 11) is -2.35. The first kappa shape index (κ1) is 17.9. The van der Waals surface area contributed by atoms with Gasteiger partial charge in [-0.3, -0.25) is 4.79 Å². The van der Waals surface area contributed by atoms with Crippen LogP contribution < -0.4 is 9.46 Å². The topological polar surface area (TPSA) is 92.7 Å². The number of carboxylic acids is 1. The van der Waals surface area contributed by atoms with Crippen molar-refractivity contribution in [2.24, 2.45) is 0 Å². The molecule has 1 aromatic rings. The molecule has 0 saturated carbocycles. The summed E-state index contributed by atoms with van der Waals surface area (Å²) < 4.78 is 32.8. The van der Waals surface area contributed by atoms with E-state index in [0.717, 1.165) is 0 Å². The van der Waals surface area contributed by atoms with Gasteiger partial charge in [0.15, 0.2) is 0 Å². The molecule has 0 unspecified atom stereocenters. The van der Waals surface area contributed by atoms with Crippen molar-refractivity contribution in [2.45, 2.75) is 37.1 Å². The van der Waals surface area contributed by atoms with E-state index < -0.39 is 21.5 Å². The van der Waals surface area contributed by atoms with Crippen molar-refractivity contribution in [3.63, 3.8) is 0 Å². The lowest BCUT2D eigenvalue weighted by Gasteiger charge is -2.25. The van der Waals surface area contributed by atoms with E-state index in [1.54, 1.807) is 26.0 Å². The lowest BCUT2D eigenvalue weighted by Crippen LogP contribution is -2.43. The highest BCUT2D eigenvalue weighted by Crippen LogP contribution is 2.28. The number of methoxy groups -OCH3 is 1. The molecule has 0 fully saturated rings. The molecule has 0 spiro atoms. The van der Waals surface area contributed by atoms with Crippen LogP contribution in [0.3, 0.4) is 0 Å². The standard InChI is InChI=1S/C13H18BrNO5S/c1-13(2,7-6-12(16)17)15-21(18,19)11-8-9(20-3)4-5-10(11)14/h4-5,8,15H,6-7H2,1-3H3,(H,16,17). The average Bonchev–Trinajstić information content (AvgIpc) is 2.35. The van der Waals surface area contributed by atoms with Crippen LogP contribution in [-0.4, -0.2) is 32.1 Å². The maximum absolute atomic E-state index is 12.4. The van der Waals surface area contributed by atoms with E-state index in [1.807, 2.05) is 0 Å². The summed E-state index contributed by atoms with van der Waals surface area (Å²) in [5.74, 6) is -0.549. The molecular formula is C13H18BrNO5S. The number of sulfonamides is 1. The molecule has 0 aliphatic rings. The molecular weight excluding hydrogens is 362 g/mol. The van der Waals surface area contributed by atoms with E-state index in [4.69, 9.17) is 9.84 Å². The highest BCUT2D eigenvalue weighted by atomic mass is 79.9. The fourth-order valence-corrected chi connectivity index (χ4v) is 4.13. The summed E-state index contributed by atoms with van der Waals surface area (Å²) in [4.78, 5) is 10.7. The molecule has 6 nitrogen and oxygen atoms in total. The Morgan fingerprint density at radius 3 is 2.57 bits per heavy atom. The van der Waals surface area contributed by atoms with Gasteiger partial charge in [0.2, 0.25) is 10.0 Å². The van der Waals surface area contributed by atoms with Gasteiger partial charge < -0.3 is 9.84 Å². The first-order chi connectivity index (χ1) is 9.57. The summed E-state index contributed by atoms with van der Waals surface area (Å²) >= 11 is 3.20. The van der Waals surface area contributed by atoms with Crippen molar-refractivity contribution in [1.82, 2.24) is 4.72 Å². The molecule has 21 heavy (non-hydrogen) atoms. The van der Waals surface area contributed by atoms with Gasteiger partial charge >= 0.3 is 5.97 Å². The van der Waals surface area contributed by atoms with Gasteiger partial charge in [0, 0.05) is 22.5 Å². The largest absolute Gasteiger partial charge is 0.497 e. The van der Waals surface area contributed by atoms with Crippen LogP contribution in [0.25, 0.3) is 0 Å². The predicted octanol–water partition coefficient (Wildman–Crippen LogP) is 2.38. The van der Waals surface area contributed by atoms with Crippen molar-refractivity contribution in [1.29, 1.82) is 0 Å². The van der Waals surface area contributed by atoms with Crippen molar-refractivity contribution in [3.05, 3.63) is 22.7 Å². The normalized spacial score (nSPS) is 12.2. The molecule has 0 radical (unpaired) electrons. The highest BCUT2D eigenvalue weighted by molar-refractivity contribution is 9.10. The Morgan fingerprint density at radius 1 is 1.43 bits per heavy atom. The molecule has 1 aromatic carbocycles. The van der Waals surface area contributed by atoms with Gasteiger partial charge in [-0.2, -0.15) is 0 Å². The molecule has 0 aromatic heterocycles. The summed E-state index contributed by atoms with van der Waals surface area (Å²) in [5, 5.41) is 8.70. The molecule has 0 bridgehead atoms. The van der Waals surface area contributed by atoms with Crippen LogP contribution in [-0.2, 0) is 14.8 Å². The second-order valence-electron chi connectivity index (χ2n) is 5.18. The Morgan fingerprint density at radius 2 is 2.05 bits per heavy atom. The van der Waals surface area contributed by atoms with Crippen molar-refractivity contribution >= 4 is 31.9 Å². The van der Waals surface area contributed by atoms with Gasteiger partial charge in [0.05, 0.1) is 12.0 Å². The number of aliphatic carboxylic acids is 1. The Labute approximate surface area is 132 Å².